The Morgan fingerprint density at radius 2 is 1.92 bits per heavy atom. The van der Waals surface area contributed by atoms with Crippen molar-refractivity contribution in [3.8, 4) is 0 Å². The van der Waals surface area contributed by atoms with Crippen molar-refractivity contribution >= 4 is 11.8 Å². The Labute approximate surface area is 149 Å². The van der Waals surface area contributed by atoms with Crippen LogP contribution in [0.25, 0.3) is 0 Å². The lowest BCUT2D eigenvalue weighted by Gasteiger charge is -2.28. The second-order valence-electron chi connectivity index (χ2n) is 6.72. The zero-order valence-corrected chi connectivity index (χ0v) is 14.7. The SMILES string of the molecule is O=C(NCCc1ccccc1)[C@H]1CC(=O)N(CCN2CCOCC2)C1. The molecule has 0 aliphatic carbocycles. The number of nitrogens with zero attached hydrogens (tertiary/aromatic N) is 2. The molecule has 136 valence electrons. The van der Waals surface area contributed by atoms with Gasteiger partial charge in [-0.15, -0.1) is 0 Å². The molecular formula is C19H27N3O3. The van der Waals surface area contributed by atoms with Crippen LogP contribution in [0.5, 0.6) is 0 Å². The lowest BCUT2D eigenvalue weighted by atomic mass is 10.1. The quantitative estimate of drug-likeness (QED) is 0.783. The largest absolute Gasteiger partial charge is 0.379 e. The summed E-state index contributed by atoms with van der Waals surface area (Å²) in [4.78, 5) is 28.6. The molecule has 25 heavy (non-hydrogen) atoms. The minimum Gasteiger partial charge on any atom is -0.379 e. The summed E-state index contributed by atoms with van der Waals surface area (Å²) < 4.78 is 5.34. The molecule has 2 fully saturated rings. The van der Waals surface area contributed by atoms with E-state index >= 15 is 0 Å². The van der Waals surface area contributed by atoms with Crippen LogP contribution >= 0.6 is 0 Å². The molecule has 2 aliphatic rings. The molecule has 0 spiro atoms. The summed E-state index contributed by atoms with van der Waals surface area (Å²) in [6.45, 7) is 6.09. The molecule has 6 nitrogen and oxygen atoms in total. The Bertz CT molecular complexity index is 573. The Morgan fingerprint density at radius 1 is 1.16 bits per heavy atom. The Kier molecular flexibility index (Phi) is 6.42. The van der Waals surface area contributed by atoms with Crippen molar-refractivity contribution < 1.29 is 14.3 Å². The molecule has 0 saturated carbocycles. The van der Waals surface area contributed by atoms with E-state index in [9.17, 15) is 9.59 Å². The number of likely N-dealkylation sites (tertiary alicyclic amines) is 1. The first-order valence-electron chi connectivity index (χ1n) is 9.12. The number of rotatable bonds is 7. The lowest BCUT2D eigenvalue weighted by molar-refractivity contribution is -0.129. The van der Waals surface area contributed by atoms with Gasteiger partial charge in [-0.3, -0.25) is 14.5 Å². The first kappa shape index (κ1) is 17.9. The monoisotopic (exact) mass is 345 g/mol. The standard InChI is InChI=1S/C19H27N3O3/c23-18-14-17(15-22(18)9-8-21-10-12-25-13-11-21)19(24)20-7-6-16-4-2-1-3-5-16/h1-5,17H,6-15H2,(H,20,24)/t17-/m0/s1. The van der Waals surface area contributed by atoms with Gasteiger partial charge < -0.3 is 15.0 Å². The smallest absolute Gasteiger partial charge is 0.225 e. The van der Waals surface area contributed by atoms with Crippen LogP contribution in [-0.4, -0.2) is 74.1 Å². The summed E-state index contributed by atoms with van der Waals surface area (Å²) >= 11 is 0. The van der Waals surface area contributed by atoms with Crippen LogP contribution in [0.1, 0.15) is 12.0 Å². The second-order valence-corrected chi connectivity index (χ2v) is 6.72. The molecule has 0 bridgehead atoms. The molecule has 2 saturated heterocycles. The molecule has 1 N–H and O–H groups in total. The van der Waals surface area contributed by atoms with Gasteiger partial charge >= 0.3 is 0 Å². The van der Waals surface area contributed by atoms with E-state index in [4.69, 9.17) is 4.74 Å². The molecule has 6 heteroatoms. The molecule has 2 heterocycles. The maximum Gasteiger partial charge on any atom is 0.225 e. The lowest BCUT2D eigenvalue weighted by Crippen LogP contribution is -2.42. The van der Waals surface area contributed by atoms with Crippen LogP contribution in [0.15, 0.2) is 30.3 Å². The number of carbonyl (C=O) groups excluding carboxylic acids is 2. The molecule has 1 atom stereocenters. The highest BCUT2D eigenvalue weighted by molar-refractivity contribution is 5.89. The number of nitrogens with one attached hydrogen (secondary N) is 1. The number of morpholine rings is 1. The van der Waals surface area contributed by atoms with Gasteiger partial charge in [-0.25, -0.2) is 0 Å². The van der Waals surface area contributed by atoms with Crippen molar-refractivity contribution in [1.29, 1.82) is 0 Å². The highest BCUT2D eigenvalue weighted by atomic mass is 16.5. The number of hydrogen-bond acceptors (Lipinski definition) is 4. The van der Waals surface area contributed by atoms with E-state index in [1.165, 1.54) is 5.56 Å². The number of carbonyl (C=O) groups is 2. The van der Waals surface area contributed by atoms with Gasteiger partial charge in [0.15, 0.2) is 0 Å². The van der Waals surface area contributed by atoms with Crippen LogP contribution in [0, 0.1) is 5.92 Å². The summed E-state index contributed by atoms with van der Waals surface area (Å²) in [5.74, 6) is -0.123. The van der Waals surface area contributed by atoms with E-state index in [1.54, 1.807) is 0 Å². The first-order valence-corrected chi connectivity index (χ1v) is 9.12. The van der Waals surface area contributed by atoms with Gasteiger partial charge in [-0.2, -0.15) is 0 Å². The van der Waals surface area contributed by atoms with E-state index in [0.29, 0.717) is 26.1 Å². The third-order valence-corrected chi connectivity index (χ3v) is 4.93. The van der Waals surface area contributed by atoms with E-state index in [1.807, 2.05) is 23.1 Å². The summed E-state index contributed by atoms with van der Waals surface area (Å²) in [7, 11) is 0. The zero-order valence-electron chi connectivity index (χ0n) is 14.7. The van der Waals surface area contributed by atoms with Crippen molar-refractivity contribution in [2.24, 2.45) is 5.92 Å². The fourth-order valence-corrected chi connectivity index (χ4v) is 3.37. The molecule has 2 aliphatic heterocycles. The van der Waals surface area contributed by atoms with E-state index in [2.05, 4.69) is 22.3 Å². The predicted octanol–water partition coefficient (Wildman–Crippen LogP) is 0.526. The average Bonchev–Trinajstić information content (AvgIpc) is 3.02. The molecule has 0 aromatic heterocycles. The maximum atomic E-state index is 12.3. The van der Waals surface area contributed by atoms with Crippen LogP contribution in [-0.2, 0) is 20.7 Å². The van der Waals surface area contributed by atoms with Gasteiger partial charge in [-0.05, 0) is 12.0 Å². The van der Waals surface area contributed by atoms with Gasteiger partial charge in [0, 0.05) is 45.7 Å². The molecule has 1 aromatic rings. The summed E-state index contributed by atoms with van der Waals surface area (Å²) in [5.41, 5.74) is 1.21. The third-order valence-electron chi connectivity index (χ3n) is 4.93. The molecule has 3 rings (SSSR count). The molecule has 1 aromatic carbocycles. The van der Waals surface area contributed by atoms with Crippen molar-refractivity contribution in [1.82, 2.24) is 15.1 Å². The topological polar surface area (TPSA) is 61.9 Å². The van der Waals surface area contributed by atoms with Gasteiger partial charge in [0.2, 0.25) is 11.8 Å². The van der Waals surface area contributed by atoms with Crippen molar-refractivity contribution in [2.75, 3.05) is 52.5 Å². The number of benzene rings is 1. The second kappa shape index (κ2) is 8.97. The van der Waals surface area contributed by atoms with E-state index in [0.717, 1.165) is 39.3 Å². The van der Waals surface area contributed by atoms with E-state index < -0.39 is 0 Å². The fraction of sp³-hybridized carbons (Fsp3) is 0.579. The highest BCUT2D eigenvalue weighted by Crippen LogP contribution is 2.18. The highest BCUT2D eigenvalue weighted by Gasteiger charge is 2.34. The average molecular weight is 345 g/mol. The molecular weight excluding hydrogens is 318 g/mol. The van der Waals surface area contributed by atoms with Crippen LogP contribution in [0.3, 0.4) is 0 Å². The molecule has 2 amide bonds. The van der Waals surface area contributed by atoms with Gasteiger partial charge in [0.05, 0.1) is 19.1 Å². The number of ether oxygens (including phenoxy) is 1. The summed E-state index contributed by atoms with van der Waals surface area (Å²) in [6, 6.07) is 10.1. The van der Waals surface area contributed by atoms with Crippen molar-refractivity contribution in [2.45, 2.75) is 12.8 Å². The Balaban J connectivity index is 1.38. The minimum absolute atomic E-state index is 0.00171. The van der Waals surface area contributed by atoms with Crippen LogP contribution < -0.4 is 5.32 Å². The molecule has 0 unspecified atom stereocenters. The fourth-order valence-electron chi connectivity index (χ4n) is 3.37. The number of amides is 2. The zero-order chi connectivity index (χ0) is 17.5. The Morgan fingerprint density at radius 3 is 2.68 bits per heavy atom. The van der Waals surface area contributed by atoms with Crippen molar-refractivity contribution in [3.05, 3.63) is 35.9 Å². The van der Waals surface area contributed by atoms with Crippen LogP contribution in [0.4, 0.5) is 0 Å². The van der Waals surface area contributed by atoms with Gasteiger partial charge in [0.25, 0.3) is 0 Å². The van der Waals surface area contributed by atoms with Crippen LogP contribution in [0.2, 0.25) is 0 Å². The summed E-state index contributed by atoms with van der Waals surface area (Å²) in [5, 5.41) is 2.97. The third kappa shape index (κ3) is 5.28. The van der Waals surface area contributed by atoms with Crippen molar-refractivity contribution in [3.63, 3.8) is 0 Å². The van der Waals surface area contributed by atoms with Gasteiger partial charge in [0.1, 0.15) is 0 Å². The predicted molar refractivity (Wildman–Crippen MR) is 95.1 cm³/mol. The Hall–Kier alpha value is -1.92. The maximum absolute atomic E-state index is 12.3. The first-order chi connectivity index (χ1) is 12.2. The summed E-state index contributed by atoms with van der Waals surface area (Å²) in [6.07, 6.45) is 1.15. The molecule has 0 radical (unpaired) electrons. The minimum atomic E-state index is -0.215. The number of hydrogen-bond donors (Lipinski definition) is 1. The van der Waals surface area contributed by atoms with Gasteiger partial charge in [-0.1, -0.05) is 30.3 Å². The normalized spacial score (nSPS) is 21.5. The van der Waals surface area contributed by atoms with E-state index in [-0.39, 0.29) is 17.7 Å².